The third-order valence-electron chi connectivity index (χ3n) is 5.33. The quantitative estimate of drug-likeness (QED) is 0.155. The molecule has 0 bridgehead atoms. The van der Waals surface area contributed by atoms with Gasteiger partial charge in [0.1, 0.15) is 11.5 Å². The van der Waals surface area contributed by atoms with Crippen LogP contribution in [0.25, 0.3) is 16.9 Å². The molecule has 0 unspecified atom stereocenters. The van der Waals surface area contributed by atoms with Crippen molar-refractivity contribution in [2.24, 2.45) is 10.2 Å². The van der Waals surface area contributed by atoms with Gasteiger partial charge in [0.2, 0.25) is 0 Å². The number of nitro benzene ring substituents is 1. The molecule has 0 aliphatic heterocycles. The molecule has 0 atom stereocenters. The zero-order valence-electron chi connectivity index (χ0n) is 18.8. The van der Waals surface area contributed by atoms with Gasteiger partial charge in [-0.1, -0.05) is 48.5 Å². The van der Waals surface area contributed by atoms with E-state index in [-0.39, 0.29) is 11.4 Å². The van der Waals surface area contributed by atoms with Crippen LogP contribution >= 0.6 is 0 Å². The highest BCUT2D eigenvalue weighted by Gasteiger charge is 2.17. The van der Waals surface area contributed by atoms with E-state index in [1.165, 1.54) is 28.9 Å². The lowest BCUT2D eigenvalue weighted by Crippen LogP contribution is -2.13. The topological polar surface area (TPSA) is 115 Å². The van der Waals surface area contributed by atoms with Gasteiger partial charge in [0.15, 0.2) is 5.69 Å². The zero-order chi connectivity index (χ0) is 24.9. The van der Waals surface area contributed by atoms with Gasteiger partial charge in [0.05, 0.1) is 22.0 Å². The lowest BCUT2D eigenvalue weighted by molar-refractivity contribution is -0.384. The Kier molecular flexibility index (Phi) is 6.18. The molecule has 0 saturated carbocycles. The van der Waals surface area contributed by atoms with E-state index in [4.69, 9.17) is 4.74 Å². The molecule has 1 N–H and O–H groups in total. The molecular weight excluding hydrogens is 458 g/mol. The molecule has 5 rings (SSSR count). The number of para-hydroxylation sites is 1. The minimum atomic E-state index is -0.494. The molecule has 0 saturated heterocycles. The van der Waals surface area contributed by atoms with E-state index in [0.717, 1.165) is 11.3 Å². The number of hydrogen-bond donors (Lipinski definition) is 1. The van der Waals surface area contributed by atoms with E-state index in [9.17, 15) is 14.9 Å². The van der Waals surface area contributed by atoms with Crippen LogP contribution in [-0.4, -0.2) is 14.7 Å². The van der Waals surface area contributed by atoms with Gasteiger partial charge in [-0.3, -0.25) is 20.0 Å². The van der Waals surface area contributed by atoms with Gasteiger partial charge in [0.25, 0.3) is 11.2 Å². The Balaban J connectivity index is 1.47. The first-order valence-corrected chi connectivity index (χ1v) is 11.0. The molecule has 0 fully saturated rings. The van der Waals surface area contributed by atoms with Crippen LogP contribution in [0.3, 0.4) is 0 Å². The summed E-state index contributed by atoms with van der Waals surface area (Å²) < 4.78 is 7.08. The van der Waals surface area contributed by atoms with E-state index in [2.05, 4.69) is 15.3 Å². The van der Waals surface area contributed by atoms with Crippen LogP contribution in [0.5, 0.6) is 11.5 Å². The van der Waals surface area contributed by atoms with Crippen LogP contribution in [0.15, 0.2) is 124 Å². The Morgan fingerprint density at radius 3 is 2.00 bits per heavy atom. The summed E-state index contributed by atoms with van der Waals surface area (Å²) in [6, 6.07) is 31.4. The van der Waals surface area contributed by atoms with Crippen molar-refractivity contribution in [2.45, 2.75) is 0 Å². The third-order valence-corrected chi connectivity index (χ3v) is 5.33. The van der Waals surface area contributed by atoms with Crippen molar-refractivity contribution in [2.75, 3.05) is 0 Å². The number of azo groups is 1. The highest BCUT2D eigenvalue weighted by molar-refractivity contribution is 5.72. The summed E-state index contributed by atoms with van der Waals surface area (Å²) in [5.74, 6) is 1.37. The Morgan fingerprint density at radius 2 is 1.36 bits per heavy atom. The van der Waals surface area contributed by atoms with Crippen LogP contribution in [0, 0.1) is 10.1 Å². The summed E-state index contributed by atoms with van der Waals surface area (Å²) in [6.07, 6.45) is 0. The Morgan fingerprint density at radius 1 is 0.750 bits per heavy atom. The number of benzene rings is 4. The standard InChI is InChI=1S/C27H19N5O4/c33-27-26(29-28-20-11-17-24(18-12-20)36-23-9-5-2-6-10-23)25(19-7-3-1-4-8-19)30-31(27)21-13-15-22(16-14-21)32(34)35/h1-18,30H. The summed E-state index contributed by atoms with van der Waals surface area (Å²) in [6.45, 7) is 0. The number of nitrogens with zero attached hydrogens (tertiary/aromatic N) is 4. The largest absolute Gasteiger partial charge is 0.457 e. The van der Waals surface area contributed by atoms with Crippen molar-refractivity contribution in [1.82, 2.24) is 9.78 Å². The van der Waals surface area contributed by atoms with E-state index in [0.29, 0.717) is 22.8 Å². The fourth-order valence-electron chi connectivity index (χ4n) is 3.55. The van der Waals surface area contributed by atoms with Gasteiger partial charge in [-0.2, -0.15) is 5.11 Å². The number of nitro groups is 1. The first-order chi connectivity index (χ1) is 17.6. The first-order valence-electron chi connectivity index (χ1n) is 11.0. The Bertz CT molecular complexity index is 1570. The van der Waals surface area contributed by atoms with E-state index >= 15 is 0 Å². The lowest BCUT2D eigenvalue weighted by atomic mass is 10.1. The summed E-state index contributed by atoms with van der Waals surface area (Å²) in [7, 11) is 0. The van der Waals surface area contributed by atoms with Crippen LogP contribution in [0.4, 0.5) is 17.1 Å². The molecule has 0 radical (unpaired) electrons. The first kappa shape index (κ1) is 22.5. The maximum atomic E-state index is 13.3. The smallest absolute Gasteiger partial charge is 0.299 e. The van der Waals surface area contributed by atoms with Crippen LogP contribution < -0.4 is 10.3 Å². The SMILES string of the molecule is O=c1c(N=Nc2ccc(Oc3ccccc3)cc2)c(-c2ccccc2)[nH]n1-c1ccc([N+](=O)[O-])cc1. The lowest BCUT2D eigenvalue weighted by Gasteiger charge is -2.04. The highest BCUT2D eigenvalue weighted by Crippen LogP contribution is 2.29. The minimum absolute atomic E-state index is 0.0683. The maximum Gasteiger partial charge on any atom is 0.299 e. The fourth-order valence-corrected chi connectivity index (χ4v) is 3.55. The van der Waals surface area contributed by atoms with Gasteiger partial charge in [-0.05, 0) is 48.5 Å². The number of nitrogens with one attached hydrogen (secondary N) is 1. The number of aromatic amines is 1. The second kappa shape index (κ2) is 9.90. The zero-order valence-corrected chi connectivity index (χ0v) is 18.8. The second-order valence-corrected chi connectivity index (χ2v) is 7.72. The molecule has 9 heteroatoms. The number of H-pyrrole nitrogens is 1. The van der Waals surface area contributed by atoms with Crippen molar-refractivity contribution < 1.29 is 9.66 Å². The second-order valence-electron chi connectivity index (χ2n) is 7.72. The number of ether oxygens (including phenoxy) is 1. The molecular formula is C27H19N5O4. The number of hydrogen-bond acceptors (Lipinski definition) is 6. The van der Waals surface area contributed by atoms with Crippen molar-refractivity contribution in [3.8, 4) is 28.4 Å². The van der Waals surface area contributed by atoms with Crippen LogP contribution in [0.2, 0.25) is 0 Å². The predicted octanol–water partition coefficient (Wildman–Crippen LogP) is 6.95. The molecule has 0 amide bonds. The predicted molar refractivity (Wildman–Crippen MR) is 136 cm³/mol. The van der Waals surface area contributed by atoms with E-state index in [1.807, 2.05) is 60.7 Å². The van der Waals surface area contributed by atoms with E-state index < -0.39 is 10.5 Å². The summed E-state index contributed by atoms with van der Waals surface area (Å²) in [4.78, 5) is 23.8. The summed E-state index contributed by atoms with van der Waals surface area (Å²) in [5.41, 5.74) is 1.81. The molecule has 0 aliphatic rings. The number of aromatic nitrogens is 2. The molecule has 176 valence electrons. The molecule has 9 nitrogen and oxygen atoms in total. The minimum Gasteiger partial charge on any atom is -0.457 e. The molecule has 5 aromatic rings. The third kappa shape index (κ3) is 4.80. The van der Waals surface area contributed by atoms with Gasteiger partial charge >= 0.3 is 0 Å². The van der Waals surface area contributed by atoms with Crippen LogP contribution in [0.1, 0.15) is 0 Å². The Labute approximate surface area is 205 Å². The molecule has 36 heavy (non-hydrogen) atoms. The molecule has 1 aromatic heterocycles. The molecule has 4 aromatic carbocycles. The average molecular weight is 477 g/mol. The van der Waals surface area contributed by atoms with Gasteiger partial charge in [0, 0.05) is 17.7 Å². The highest BCUT2D eigenvalue weighted by atomic mass is 16.6. The average Bonchev–Trinajstić information content (AvgIpc) is 3.25. The van der Waals surface area contributed by atoms with E-state index in [1.54, 1.807) is 24.3 Å². The van der Waals surface area contributed by atoms with Gasteiger partial charge in [-0.15, -0.1) is 5.11 Å². The molecule has 0 aliphatic carbocycles. The molecule has 1 heterocycles. The van der Waals surface area contributed by atoms with Crippen molar-refractivity contribution in [3.63, 3.8) is 0 Å². The van der Waals surface area contributed by atoms with Crippen molar-refractivity contribution >= 4 is 17.1 Å². The van der Waals surface area contributed by atoms with Crippen molar-refractivity contribution in [3.05, 3.63) is 130 Å². The maximum absolute atomic E-state index is 13.3. The number of rotatable bonds is 7. The van der Waals surface area contributed by atoms with Crippen molar-refractivity contribution in [1.29, 1.82) is 0 Å². The van der Waals surface area contributed by atoms with Gasteiger partial charge < -0.3 is 4.74 Å². The fraction of sp³-hybridized carbons (Fsp3) is 0. The number of non-ortho nitro benzene ring substituents is 1. The summed E-state index contributed by atoms with van der Waals surface area (Å²) >= 11 is 0. The Hall–Kier alpha value is -5.31. The monoisotopic (exact) mass is 477 g/mol. The van der Waals surface area contributed by atoms with Gasteiger partial charge in [-0.25, -0.2) is 4.68 Å². The van der Waals surface area contributed by atoms with Crippen LogP contribution in [-0.2, 0) is 0 Å². The summed E-state index contributed by atoms with van der Waals surface area (Å²) in [5, 5.41) is 22.6. The molecule has 0 spiro atoms. The normalized spacial score (nSPS) is 11.0.